The Labute approximate surface area is 204 Å². The summed E-state index contributed by atoms with van der Waals surface area (Å²) >= 11 is 0. The molecule has 1 N–H and O–H groups in total. The van der Waals surface area contributed by atoms with Gasteiger partial charge in [0.2, 0.25) is 15.9 Å². The van der Waals surface area contributed by atoms with Crippen LogP contribution in [0.1, 0.15) is 49.3 Å². The van der Waals surface area contributed by atoms with Gasteiger partial charge in [0.05, 0.1) is 18.0 Å². The van der Waals surface area contributed by atoms with Gasteiger partial charge >= 0.3 is 0 Å². The number of para-hydroxylation sites is 1. The van der Waals surface area contributed by atoms with Crippen LogP contribution in [0, 0.1) is 0 Å². The predicted molar refractivity (Wildman–Crippen MR) is 134 cm³/mol. The van der Waals surface area contributed by atoms with Crippen LogP contribution in [0.25, 0.3) is 0 Å². The Balaban J connectivity index is 1.54. The summed E-state index contributed by atoms with van der Waals surface area (Å²) in [5.41, 5.74) is 1.97. The summed E-state index contributed by atoms with van der Waals surface area (Å²) in [6.45, 7) is 1.65. The first-order valence-electron chi connectivity index (χ1n) is 12.0. The van der Waals surface area contributed by atoms with Gasteiger partial charge < -0.3 is 15.0 Å². The average Bonchev–Trinajstić information content (AvgIpc) is 3.13. The maximum Gasteiger partial charge on any atom is 0.243 e. The molecule has 7 nitrogen and oxygen atoms in total. The van der Waals surface area contributed by atoms with Crippen LogP contribution < -0.4 is 10.1 Å². The van der Waals surface area contributed by atoms with E-state index in [1.807, 2.05) is 50.5 Å². The van der Waals surface area contributed by atoms with E-state index in [1.165, 1.54) is 0 Å². The van der Waals surface area contributed by atoms with E-state index >= 15 is 0 Å². The van der Waals surface area contributed by atoms with Crippen molar-refractivity contribution in [2.24, 2.45) is 0 Å². The Morgan fingerprint density at radius 3 is 2.29 bits per heavy atom. The molecule has 0 saturated carbocycles. The third-order valence-corrected chi connectivity index (χ3v) is 8.29. The molecule has 0 spiro atoms. The Morgan fingerprint density at radius 2 is 1.68 bits per heavy atom. The second kappa shape index (κ2) is 12.3. The van der Waals surface area contributed by atoms with Crippen molar-refractivity contribution in [2.75, 3.05) is 40.8 Å². The van der Waals surface area contributed by atoms with Gasteiger partial charge in [0, 0.05) is 31.6 Å². The molecule has 0 radical (unpaired) electrons. The number of benzene rings is 2. The molecule has 1 aliphatic heterocycles. The number of hydrogen-bond acceptors (Lipinski definition) is 5. The highest BCUT2D eigenvalue weighted by molar-refractivity contribution is 7.89. The van der Waals surface area contributed by atoms with Gasteiger partial charge in [0.15, 0.2) is 0 Å². The van der Waals surface area contributed by atoms with Gasteiger partial charge in [-0.1, -0.05) is 43.2 Å². The van der Waals surface area contributed by atoms with Crippen molar-refractivity contribution < 1.29 is 17.9 Å². The maximum absolute atomic E-state index is 12.9. The zero-order valence-corrected chi connectivity index (χ0v) is 21.3. The van der Waals surface area contributed by atoms with E-state index in [-0.39, 0.29) is 11.9 Å². The highest BCUT2D eigenvalue weighted by atomic mass is 32.2. The normalized spacial score (nSPS) is 16.1. The molecular formula is C26H37N3O4S. The van der Waals surface area contributed by atoms with E-state index in [9.17, 15) is 13.2 Å². The summed E-state index contributed by atoms with van der Waals surface area (Å²) in [6.07, 6.45) is 4.89. The number of sulfonamides is 1. The lowest BCUT2D eigenvalue weighted by molar-refractivity contribution is -0.121. The summed E-state index contributed by atoms with van der Waals surface area (Å²) in [5, 5.41) is 3.03. The van der Waals surface area contributed by atoms with Crippen LogP contribution in [0.4, 0.5) is 0 Å². The van der Waals surface area contributed by atoms with E-state index in [2.05, 4.69) is 10.2 Å². The number of ether oxygens (including phenoxy) is 1. The van der Waals surface area contributed by atoms with Gasteiger partial charge in [-0.25, -0.2) is 8.42 Å². The lowest BCUT2D eigenvalue weighted by Gasteiger charge is -2.26. The third-order valence-electron chi connectivity index (χ3n) is 6.38. The van der Waals surface area contributed by atoms with Gasteiger partial charge in [-0.15, -0.1) is 0 Å². The number of likely N-dealkylation sites (N-methyl/N-ethyl adjacent to an activating group) is 1. The molecule has 34 heavy (non-hydrogen) atoms. The quantitative estimate of drug-likeness (QED) is 0.554. The Morgan fingerprint density at radius 1 is 1.03 bits per heavy atom. The van der Waals surface area contributed by atoms with Gasteiger partial charge in [0.25, 0.3) is 0 Å². The van der Waals surface area contributed by atoms with E-state index in [0.29, 0.717) is 37.4 Å². The number of rotatable bonds is 10. The fraction of sp³-hybridized carbons (Fsp3) is 0.500. The van der Waals surface area contributed by atoms with Crippen LogP contribution in [0.3, 0.4) is 0 Å². The number of nitrogens with one attached hydrogen (secondary N) is 1. The van der Waals surface area contributed by atoms with Crippen LogP contribution in [0.5, 0.6) is 5.75 Å². The Hall–Kier alpha value is -2.42. The fourth-order valence-electron chi connectivity index (χ4n) is 4.33. The molecule has 1 heterocycles. The first kappa shape index (κ1) is 26.2. The zero-order valence-electron chi connectivity index (χ0n) is 20.5. The summed E-state index contributed by atoms with van der Waals surface area (Å²) in [5.74, 6) is 0.758. The van der Waals surface area contributed by atoms with Crippen LogP contribution >= 0.6 is 0 Å². The number of methoxy groups -OCH3 is 1. The van der Waals surface area contributed by atoms with Gasteiger partial charge in [-0.05, 0) is 57.1 Å². The van der Waals surface area contributed by atoms with Crippen LogP contribution in [-0.2, 0) is 21.2 Å². The van der Waals surface area contributed by atoms with Crippen LogP contribution in [0.2, 0.25) is 0 Å². The van der Waals surface area contributed by atoms with E-state index < -0.39 is 10.0 Å². The number of amides is 1. The topological polar surface area (TPSA) is 78.9 Å². The van der Waals surface area contributed by atoms with E-state index in [4.69, 9.17) is 4.74 Å². The van der Waals surface area contributed by atoms with Crippen molar-refractivity contribution in [3.63, 3.8) is 0 Å². The SMILES string of the molecule is COc1ccccc1C(CNC(=O)CCc1ccc(S(=O)(=O)N2CCCCCC2)cc1)N(C)C. The molecule has 186 valence electrons. The molecule has 2 aromatic carbocycles. The van der Waals surface area contributed by atoms with Crippen molar-refractivity contribution in [1.82, 2.24) is 14.5 Å². The molecule has 0 aliphatic carbocycles. The second-order valence-electron chi connectivity index (χ2n) is 8.99. The molecule has 1 atom stereocenters. The van der Waals surface area contributed by atoms with E-state index in [1.54, 1.807) is 23.5 Å². The van der Waals surface area contributed by atoms with Gasteiger partial charge in [-0.3, -0.25) is 4.79 Å². The average molecular weight is 488 g/mol. The minimum absolute atomic E-state index is 0.0106. The zero-order chi connectivity index (χ0) is 24.6. The van der Waals surface area contributed by atoms with E-state index in [0.717, 1.165) is 42.6 Å². The van der Waals surface area contributed by atoms with Crippen molar-refractivity contribution in [2.45, 2.75) is 49.5 Å². The molecule has 1 unspecified atom stereocenters. The third kappa shape index (κ3) is 6.81. The summed E-state index contributed by atoms with van der Waals surface area (Å²) in [4.78, 5) is 14.9. The maximum atomic E-state index is 12.9. The highest BCUT2D eigenvalue weighted by Gasteiger charge is 2.25. The van der Waals surface area contributed by atoms with Crippen molar-refractivity contribution in [3.8, 4) is 5.75 Å². The van der Waals surface area contributed by atoms with Gasteiger partial charge in [0.1, 0.15) is 5.75 Å². The predicted octanol–water partition coefficient (Wildman–Crippen LogP) is 3.61. The lowest BCUT2D eigenvalue weighted by atomic mass is 10.0. The van der Waals surface area contributed by atoms with Crippen molar-refractivity contribution >= 4 is 15.9 Å². The lowest BCUT2D eigenvalue weighted by Crippen LogP contribution is -2.34. The monoisotopic (exact) mass is 487 g/mol. The molecule has 8 heteroatoms. The number of nitrogens with zero attached hydrogens (tertiary/aromatic N) is 2. The minimum Gasteiger partial charge on any atom is -0.496 e. The first-order chi connectivity index (χ1) is 16.3. The molecule has 2 aromatic rings. The largest absolute Gasteiger partial charge is 0.496 e. The number of carbonyl (C=O) groups excluding carboxylic acids is 1. The molecule has 0 aromatic heterocycles. The Bertz CT molecular complexity index is 1030. The first-order valence-corrected chi connectivity index (χ1v) is 13.4. The summed E-state index contributed by atoms with van der Waals surface area (Å²) in [7, 11) is 2.15. The fourth-order valence-corrected chi connectivity index (χ4v) is 5.85. The molecule has 1 amide bonds. The number of carbonyl (C=O) groups is 1. The highest BCUT2D eigenvalue weighted by Crippen LogP contribution is 2.27. The van der Waals surface area contributed by atoms with Gasteiger partial charge in [-0.2, -0.15) is 4.31 Å². The number of hydrogen-bond donors (Lipinski definition) is 1. The second-order valence-corrected chi connectivity index (χ2v) is 10.9. The summed E-state index contributed by atoms with van der Waals surface area (Å²) in [6, 6.07) is 14.8. The minimum atomic E-state index is -3.45. The molecular weight excluding hydrogens is 450 g/mol. The smallest absolute Gasteiger partial charge is 0.243 e. The molecule has 3 rings (SSSR count). The van der Waals surface area contributed by atoms with Crippen LogP contribution in [0.15, 0.2) is 53.4 Å². The van der Waals surface area contributed by atoms with Crippen LogP contribution in [-0.4, -0.2) is 64.4 Å². The molecule has 1 aliphatic rings. The number of aryl methyl sites for hydroxylation is 1. The standard InChI is InChI=1S/C26H37N3O4S/c1-28(2)24(23-10-6-7-11-25(23)33-3)20-27-26(30)17-14-21-12-15-22(16-13-21)34(31,32)29-18-8-4-5-9-19-29/h6-7,10-13,15-16,24H,4-5,8-9,14,17-20H2,1-3H3,(H,27,30). The molecule has 0 bridgehead atoms. The van der Waals surface area contributed by atoms with Crippen molar-refractivity contribution in [1.29, 1.82) is 0 Å². The molecule has 1 fully saturated rings. The summed E-state index contributed by atoms with van der Waals surface area (Å²) < 4.78 is 33.0. The molecule has 1 saturated heterocycles. The Kier molecular flexibility index (Phi) is 9.50. The van der Waals surface area contributed by atoms with Crippen molar-refractivity contribution in [3.05, 3.63) is 59.7 Å².